The Hall–Kier alpha value is -1.49. The van der Waals surface area contributed by atoms with Gasteiger partial charge in [-0.1, -0.05) is 0 Å². The van der Waals surface area contributed by atoms with Crippen molar-refractivity contribution in [1.82, 2.24) is 19.7 Å². The van der Waals surface area contributed by atoms with Crippen LogP contribution in [0.4, 0.5) is 0 Å². The molecule has 1 fully saturated rings. The molecule has 5 nitrogen and oxygen atoms in total. The number of hydrogen-bond donors (Lipinski definition) is 0. The molecule has 0 N–H and O–H groups in total. The van der Waals surface area contributed by atoms with Crippen molar-refractivity contribution in [2.24, 2.45) is 0 Å². The molecule has 0 spiro atoms. The molecule has 3 rings (SSSR count). The van der Waals surface area contributed by atoms with Gasteiger partial charge in [-0.15, -0.1) is 0 Å². The standard InChI is InChI=1S/C11H14N4O/c1-8-12-6-9-7-13-15(11(9)14-8)10-4-2-3-5-16-10/h6-7,10H,2-5H2,1H3. The quantitative estimate of drug-likeness (QED) is 0.732. The zero-order valence-corrected chi connectivity index (χ0v) is 9.26. The van der Waals surface area contributed by atoms with Gasteiger partial charge in [-0.05, 0) is 26.2 Å². The van der Waals surface area contributed by atoms with Gasteiger partial charge in [0.2, 0.25) is 0 Å². The van der Waals surface area contributed by atoms with E-state index in [4.69, 9.17) is 4.74 Å². The molecule has 0 saturated carbocycles. The van der Waals surface area contributed by atoms with Gasteiger partial charge in [0.1, 0.15) is 5.82 Å². The van der Waals surface area contributed by atoms with Crippen molar-refractivity contribution in [2.45, 2.75) is 32.4 Å². The second-order valence-electron chi connectivity index (χ2n) is 4.11. The van der Waals surface area contributed by atoms with Crippen LogP contribution in [0, 0.1) is 6.92 Å². The van der Waals surface area contributed by atoms with Gasteiger partial charge in [0.15, 0.2) is 11.9 Å². The minimum Gasteiger partial charge on any atom is -0.356 e. The number of aryl methyl sites for hydroxylation is 1. The molecule has 2 aromatic rings. The topological polar surface area (TPSA) is 52.8 Å². The lowest BCUT2D eigenvalue weighted by atomic mass is 10.2. The van der Waals surface area contributed by atoms with Crippen molar-refractivity contribution < 1.29 is 4.74 Å². The Kier molecular flexibility index (Phi) is 2.32. The van der Waals surface area contributed by atoms with Gasteiger partial charge in [0.05, 0.1) is 11.6 Å². The van der Waals surface area contributed by atoms with Crippen LogP contribution in [-0.2, 0) is 4.74 Å². The Morgan fingerprint density at radius 2 is 2.31 bits per heavy atom. The van der Waals surface area contributed by atoms with Gasteiger partial charge in [-0.3, -0.25) is 0 Å². The average Bonchev–Trinajstić information content (AvgIpc) is 2.73. The molecule has 1 unspecified atom stereocenters. The van der Waals surface area contributed by atoms with E-state index in [9.17, 15) is 0 Å². The van der Waals surface area contributed by atoms with Gasteiger partial charge >= 0.3 is 0 Å². The number of aromatic nitrogens is 4. The summed E-state index contributed by atoms with van der Waals surface area (Å²) in [6.45, 7) is 2.70. The Bertz CT molecular complexity index is 502. The Labute approximate surface area is 93.5 Å². The molecule has 5 heteroatoms. The van der Waals surface area contributed by atoms with Crippen molar-refractivity contribution in [3.63, 3.8) is 0 Å². The highest BCUT2D eigenvalue weighted by molar-refractivity contribution is 5.73. The Morgan fingerprint density at radius 3 is 3.12 bits per heavy atom. The first kappa shape index (κ1) is 9.72. The predicted molar refractivity (Wildman–Crippen MR) is 58.9 cm³/mol. The number of hydrogen-bond acceptors (Lipinski definition) is 4. The van der Waals surface area contributed by atoms with Crippen molar-refractivity contribution in [3.05, 3.63) is 18.2 Å². The molecule has 0 bridgehead atoms. The second kappa shape index (κ2) is 3.83. The molecule has 3 heterocycles. The number of ether oxygens (including phenoxy) is 1. The van der Waals surface area contributed by atoms with Crippen molar-refractivity contribution in [3.8, 4) is 0 Å². The summed E-state index contributed by atoms with van der Waals surface area (Å²) in [6, 6.07) is 0. The van der Waals surface area contributed by atoms with E-state index >= 15 is 0 Å². The lowest BCUT2D eigenvalue weighted by Gasteiger charge is -2.22. The van der Waals surface area contributed by atoms with E-state index in [0.717, 1.165) is 36.3 Å². The summed E-state index contributed by atoms with van der Waals surface area (Å²) in [6.07, 6.45) is 7.00. The van der Waals surface area contributed by atoms with E-state index in [-0.39, 0.29) is 6.23 Å². The highest BCUT2D eigenvalue weighted by atomic mass is 16.5. The fourth-order valence-electron chi connectivity index (χ4n) is 2.05. The molecule has 0 aliphatic carbocycles. The Balaban J connectivity index is 2.05. The van der Waals surface area contributed by atoms with Gasteiger partial charge in [-0.25, -0.2) is 14.6 Å². The van der Waals surface area contributed by atoms with Gasteiger partial charge in [-0.2, -0.15) is 5.10 Å². The van der Waals surface area contributed by atoms with Crippen LogP contribution in [0.3, 0.4) is 0 Å². The van der Waals surface area contributed by atoms with Crippen LogP contribution < -0.4 is 0 Å². The Morgan fingerprint density at radius 1 is 1.38 bits per heavy atom. The molecule has 1 atom stereocenters. The smallest absolute Gasteiger partial charge is 0.164 e. The summed E-state index contributed by atoms with van der Waals surface area (Å²) >= 11 is 0. The SMILES string of the molecule is Cc1ncc2cnn(C3CCCCO3)c2n1. The first-order valence-electron chi connectivity index (χ1n) is 5.63. The van der Waals surface area contributed by atoms with Crippen LogP contribution >= 0.6 is 0 Å². The summed E-state index contributed by atoms with van der Waals surface area (Å²) in [7, 11) is 0. The zero-order valence-electron chi connectivity index (χ0n) is 9.26. The van der Waals surface area contributed by atoms with Gasteiger partial charge in [0, 0.05) is 12.8 Å². The van der Waals surface area contributed by atoms with Crippen LogP contribution in [-0.4, -0.2) is 26.4 Å². The highest BCUT2D eigenvalue weighted by Crippen LogP contribution is 2.24. The van der Waals surface area contributed by atoms with E-state index in [1.165, 1.54) is 6.42 Å². The van der Waals surface area contributed by atoms with E-state index in [2.05, 4.69) is 15.1 Å². The summed E-state index contributed by atoms with van der Waals surface area (Å²) in [4.78, 5) is 8.58. The maximum atomic E-state index is 5.71. The van der Waals surface area contributed by atoms with Crippen LogP contribution in [0.25, 0.3) is 11.0 Å². The lowest BCUT2D eigenvalue weighted by molar-refractivity contribution is -0.0370. The molecular formula is C11H14N4O. The summed E-state index contributed by atoms with van der Waals surface area (Å²) < 4.78 is 7.59. The minimum atomic E-state index is 0.0422. The summed E-state index contributed by atoms with van der Waals surface area (Å²) in [5.41, 5.74) is 0.874. The maximum Gasteiger partial charge on any atom is 0.164 e. The monoisotopic (exact) mass is 218 g/mol. The zero-order chi connectivity index (χ0) is 11.0. The molecular weight excluding hydrogens is 204 g/mol. The summed E-state index contributed by atoms with van der Waals surface area (Å²) in [5.74, 6) is 0.769. The predicted octanol–water partition coefficient (Wildman–Crippen LogP) is 1.83. The number of rotatable bonds is 1. The van der Waals surface area contributed by atoms with Crippen LogP contribution in [0.15, 0.2) is 12.4 Å². The van der Waals surface area contributed by atoms with Crippen molar-refractivity contribution in [2.75, 3.05) is 6.61 Å². The first-order valence-corrected chi connectivity index (χ1v) is 5.63. The van der Waals surface area contributed by atoms with Gasteiger partial charge in [0.25, 0.3) is 0 Å². The third-order valence-electron chi connectivity index (χ3n) is 2.88. The normalized spacial score (nSPS) is 21.4. The molecule has 0 amide bonds. The van der Waals surface area contributed by atoms with Crippen LogP contribution in [0.1, 0.15) is 31.3 Å². The molecule has 2 aromatic heterocycles. The van der Waals surface area contributed by atoms with Crippen molar-refractivity contribution in [1.29, 1.82) is 0 Å². The molecule has 84 valence electrons. The summed E-state index contributed by atoms with van der Waals surface area (Å²) in [5, 5.41) is 5.32. The maximum absolute atomic E-state index is 5.71. The fourth-order valence-corrected chi connectivity index (χ4v) is 2.05. The third kappa shape index (κ3) is 1.57. The molecule has 0 aromatic carbocycles. The average molecular weight is 218 g/mol. The van der Waals surface area contributed by atoms with E-state index in [1.54, 1.807) is 6.20 Å². The first-order chi connectivity index (χ1) is 7.84. The van der Waals surface area contributed by atoms with Gasteiger partial charge < -0.3 is 4.74 Å². The fraction of sp³-hybridized carbons (Fsp3) is 0.545. The van der Waals surface area contributed by atoms with E-state index < -0.39 is 0 Å². The van der Waals surface area contributed by atoms with E-state index in [0.29, 0.717) is 0 Å². The van der Waals surface area contributed by atoms with Crippen molar-refractivity contribution >= 4 is 11.0 Å². The molecule has 0 radical (unpaired) electrons. The highest BCUT2D eigenvalue weighted by Gasteiger charge is 2.19. The van der Waals surface area contributed by atoms with E-state index in [1.807, 2.05) is 17.8 Å². The third-order valence-corrected chi connectivity index (χ3v) is 2.88. The number of nitrogens with zero attached hydrogens (tertiary/aromatic N) is 4. The number of fused-ring (bicyclic) bond motifs is 1. The largest absolute Gasteiger partial charge is 0.356 e. The minimum absolute atomic E-state index is 0.0422. The lowest BCUT2D eigenvalue weighted by Crippen LogP contribution is -2.19. The van der Waals surface area contributed by atoms with Crippen LogP contribution in [0.5, 0.6) is 0 Å². The molecule has 1 saturated heterocycles. The molecule has 16 heavy (non-hydrogen) atoms. The van der Waals surface area contributed by atoms with Crippen LogP contribution in [0.2, 0.25) is 0 Å². The molecule has 1 aliphatic heterocycles. The second-order valence-corrected chi connectivity index (χ2v) is 4.11. The molecule has 1 aliphatic rings.